The maximum absolute atomic E-state index is 5.53. The lowest BCUT2D eigenvalue weighted by atomic mass is 9.86. The van der Waals surface area contributed by atoms with Gasteiger partial charge < -0.3 is 10.3 Å². The van der Waals surface area contributed by atoms with Crippen LogP contribution >= 0.6 is 0 Å². The van der Waals surface area contributed by atoms with E-state index in [2.05, 4.69) is 41.2 Å². The van der Waals surface area contributed by atoms with E-state index >= 15 is 0 Å². The van der Waals surface area contributed by atoms with Gasteiger partial charge in [-0.2, -0.15) is 0 Å². The third kappa shape index (κ3) is 2.97. The van der Waals surface area contributed by atoms with Crippen LogP contribution in [0.2, 0.25) is 0 Å². The average molecular weight is 263 g/mol. The Morgan fingerprint density at radius 2 is 2.00 bits per heavy atom. The molecule has 0 radical (unpaired) electrons. The lowest BCUT2D eigenvalue weighted by Crippen LogP contribution is -2.36. The van der Waals surface area contributed by atoms with Crippen LogP contribution in [0.4, 0.5) is 11.6 Å². The second kappa shape index (κ2) is 6.19. The Morgan fingerprint density at radius 1 is 1.32 bits per heavy atom. The van der Waals surface area contributed by atoms with E-state index in [0.717, 1.165) is 29.5 Å². The molecule has 0 saturated heterocycles. The maximum atomic E-state index is 5.53. The highest BCUT2D eigenvalue weighted by atomic mass is 15.3. The summed E-state index contributed by atoms with van der Waals surface area (Å²) in [6.07, 6.45) is 7.58. The number of hydrazine groups is 1. The summed E-state index contributed by atoms with van der Waals surface area (Å²) in [6.45, 7) is 4.45. The van der Waals surface area contributed by atoms with Gasteiger partial charge in [0.25, 0.3) is 0 Å². The van der Waals surface area contributed by atoms with Crippen molar-refractivity contribution in [2.75, 3.05) is 17.4 Å². The van der Waals surface area contributed by atoms with Crippen LogP contribution in [0, 0.1) is 5.92 Å². The molecule has 0 aromatic carbocycles. The van der Waals surface area contributed by atoms with Gasteiger partial charge in [0.15, 0.2) is 0 Å². The molecular formula is C14H25N5. The molecule has 1 saturated carbocycles. The zero-order valence-corrected chi connectivity index (χ0v) is 12.2. The Labute approximate surface area is 115 Å². The second-order valence-electron chi connectivity index (χ2n) is 5.55. The number of nitrogens with zero attached hydrogens (tertiary/aromatic N) is 3. The fourth-order valence-electron chi connectivity index (χ4n) is 2.96. The minimum atomic E-state index is 0.585. The summed E-state index contributed by atoms with van der Waals surface area (Å²) >= 11 is 0. The standard InChI is InChI=1S/C14H25N5/c1-4-12-13(18-15)16-9-17-14(12)19(3)11-7-5-10(2)6-8-11/h9-11H,4-8,15H2,1-3H3,(H,16,17,18). The normalized spacial score (nSPS) is 23.2. The van der Waals surface area contributed by atoms with E-state index in [-0.39, 0.29) is 0 Å². The molecule has 5 heteroatoms. The lowest BCUT2D eigenvalue weighted by Gasteiger charge is -2.35. The highest BCUT2D eigenvalue weighted by Crippen LogP contribution is 2.31. The highest BCUT2D eigenvalue weighted by molar-refractivity contribution is 5.58. The Hall–Kier alpha value is -1.36. The van der Waals surface area contributed by atoms with Crippen LogP contribution in [0.5, 0.6) is 0 Å². The molecule has 0 spiro atoms. The largest absolute Gasteiger partial charge is 0.356 e. The molecule has 0 bridgehead atoms. The number of nitrogens with two attached hydrogens (primary N) is 1. The minimum absolute atomic E-state index is 0.585. The molecule has 2 rings (SSSR count). The number of nitrogen functional groups attached to an aromatic ring is 1. The van der Waals surface area contributed by atoms with Crippen molar-refractivity contribution in [2.24, 2.45) is 11.8 Å². The van der Waals surface area contributed by atoms with E-state index in [1.165, 1.54) is 25.7 Å². The molecule has 0 aliphatic heterocycles. The Balaban J connectivity index is 2.21. The Morgan fingerprint density at radius 3 is 2.58 bits per heavy atom. The van der Waals surface area contributed by atoms with Gasteiger partial charge in [0.1, 0.15) is 18.0 Å². The number of rotatable bonds is 4. The van der Waals surface area contributed by atoms with Crippen molar-refractivity contribution in [1.29, 1.82) is 0 Å². The van der Waals surface area contributed by atoms with Crippen LogP contribution in [0.25, 0.3) is 0 Å². The van der Waals surface area contributed by atoms with E-state index in [9.17, 15) is 0 Å². The van der Waals surface area contributed by atoms with E-state index in [1.807, 2.05) is 0 Å². The summed E-state index contributed by atoms with van der Waals surface area (Å²) in [5.41, 5.74) is 3.78. The molecule has 1 aromatic heterocycles. The molecule has 0 unspecified atom stereocenters. The topological polar surface area (TPSA) is 67.1 Å². The highest BCUT2D eigenvalue weighted by Gasteiger charge is 2.24. The first kappa shape index (κ1) is 14.1. The fraction of sp³-hybridized carbons (Fsp3) is 0.714. The van der Waals surface area contributed by atoms with Crippen molar-refractivity contribution in [3.05, 3.63) is 11.9 Å². The predicted molar refractivity (Wildman–Crippen MR) is 79.0 cm³/mol. The number of anilines is 2. The summed E-state index contributed by atoms with van der Waals surface area (Å²) in [5, 5.41) is 0. The zero-order valence-electron chi connectivity index (χ0n) is 12.2. The van der Waals surface area contributed by atoms with Crippen LogP contribution in [0.3, 0.4) is 0 Å². The van der Waals surface area contributed by atoms with Crippen LogP contribution in [0.15, 0.2) is 6.33 Å². The van der Waals surface area contributed by atoms with E-state index in [4.69, 9.17) is 5.84 Å². The van der Waals surface area contributed by atoms with E-state index in [0.29, 0.717) is 6.04 Å². The Kier molecular flexibility index (Phi) is 4.58. The Bertz CT molecular complexity index is 412. The first-order valence-corrected chi connectivity index (χ1v) is 7.20. The molecule has 1 aromatic rings. The van der Waals surface area contributed by atoms with Crippen LogP contribution in [-0.2, 0) is 6.42 Å². The van der Waals surface area contributed by atoms with Crippen LogP contribution < -0.4 is 16.2 Å². The smallest absolute Gasteiger partial charge is 0.148 e. The van der Waals surface area contributed by atoms with Gasteiger partial charge in [-0.25, -0.2) is 15.8 Å². The first-order valence-electron chi connectivity index (χ1n) is 7.20. The van der Waals surface area contributed by atoms with Crippen LogP contribution in [0.1, 0.15) is 45.1 Å². The average Bonchev–Trinajstić information content (AvgIpc) is 2.46. The molecule has 19 heavy (non-hydrogen) atoms. The van der Waals surface area contributed by atoms with Crippen molar-refractivity contribution >= 4 is 11.6 Å². The summed E-state index contributed by atoms with van der Waals surface area (Å²) in [4.78, 5) is 11.0. The number of aromatic nitrogens is 2. The van der Waals surface area contributed by atoms with Gasteiger partial charge in [-0.15, -0.1) is 0 Å². The van der Waals surface area contributed by atoms with Gasteiger partial charge >= 0.3 is 0 Å². The number of nitrogens with one attached hydrogen (secondary N) is 1. The van der Waals surface area contributed by atoms with Gasteiger partial charge in [-0.05, 0) is 38.0 Å². The van der Waals surface area contributed by atoms with Crippen molar-refractivity contribution in [3.8, 4) is 0 Å². The first-order chi connectivity index (χ1) is 9.17. The van der Waals surface area contributed by atoms with Crippen molar-refractivity contribution in [3.63, 3.8) is 0 Å². The number of hydrogen-bond donors (Lipinski definition) is 2. The summed E-state index contributed by atoms with van der Waals surface area (Å²) in [6, 6.07) is 0.585. The van der Waals surface area contributed by atoms with Crippen LogP contribution in [-0.4, -0.2) is 23.1 Å². The van der Waals surface area contributed by atoms with Crippen molar-refractivity contribution < 1.29 is 0 Å². The summed E-state index contributed by atoms with van der Waals surface area (Å²) in [5.74, 6) is 8.15. The van der Waals surface area contributed by atoms with E-state index in [1.54, 1.807) is 6.33 Å². The van der Waals surface area contributed by atoms with E-state index < -0.39 is 0 Å². The maximum Gasteiger partial charge on any atom is 0.148 e. The number of hydrogen-bond acceptors (Lipinski definition) is 5. The molecule has 1 aliphatic rings. The molecule has 1 fully saturated rings. The molecule has 3 N–H and O–H groups in total. The third-order valence-electron chi connectivity index (χ3n) is 4.28. The monoisotopic (exact) mass is 263 g/mol. The molecular weight excluding hydrogens is 238 g/mol. The molecule has 0 atom stereocenters. The lowest BCUT2D eigenvalue weighted by molar-refractivity contribution is 0.339. The molecule has 0 amide bonds. The summed E-state index contributed by atoms with van der Waals surface area (Å²) in [7, 11) is 2.14. The molecule has 1 aliphatic carbocycles. The SMILES string of the molecule is CCc1c(NN)ncnc1N(C)C1CCC(C)CC1. The fourth-order valence-corrected chi connectivity index (χ4v) is 2.96. The summed E-state index contributed by atoms with van der Waals surface area (Å²) < 4.78 is 0. The van der Waals surface area contributed by atoms with Gasteiger partial charge in [0.2, 0.25) is 0 Å². The molecule has 5 nitrogen and oxygen atoms in total. The minimum Gasteiger partial charge on any atom is -0.356 e. The second-order valence-corrected chi connectivity index (χ2v) is 5.55. The predicted octanol–water partition coefficient (Wildman–Crippen LogP) is 2.34. The third-order valence-corrected chi connectivity index (χ3v) is 4.28. The molecule has 106 valence electrons. The van der Waals surface area contributed by atoms with Gasteiger partial charge in [-0.1, -0.05) is 13.8 Å². The van der Waals surface area contributed by atoms with Crippen molar-refractivity contribution in [2.45, 2.75) is 52.0 Å². The zero-order chi connectivity index (χ0) is 13.8. The van der Waals surface area contributed by atoms with Gasteiger partial charge in [0.05, 0.1) is 0 Å². The van der Waals surface area contributed by atoms with Gasteiger partial charge in [-0.3, -0.25) is 0 Å². The molecule has 1 heterocycles. The quantitative estimate of drug-likeness (QED) is 0.644. The van der Waals surface area contributed by atoms with Gasteiger partial charge in [0, 0.05) is 18.7 Å². The van der Waals surface area contributed by atoms with Crippen molar-refractivity contribution in [1.82, 2.24) is 9.97 Å².